The number of benzene rings is 1. The maximum absolute atomic E-state index is 12.1. The molecule has 0 atom stereocenters. The van der Waals surface area contributed by atoms with Crippen molar-refractivity contribution < 1.29 is 14.0 Å². The molecule has 3 N–H and O–H groups in total. The number of rotatable bonds is 8. The van der Waals surface area contributed by atoms with Gasteiger partial charge in [0.25, 0.3) is 5.91 Å². The summed E-state index contributed by atoms with van der Waals surface area (Å²) in [7, 11) is -0.285. The van der Waals surface area contributed by atoms with Gasteiger partial charge in [0, 0.05) is 30.6 Å². The van der Waals surface area contributed by atoms with Crippen molar-refractivity contribution in [1.82, 2.24) is 15.3 Å². The molecule has 0 fully saturated rings. The number of carbonyl (C=O) groups is 1. The van der Waals surface area contributed by atoms with Gasteiger partial charge in [-0.05, 0) is 72.1 Å². The molecule has 0 unspecified atom stereocenters. The number of amides is 1. The molecule has 0 aliphatic heterocycles. The molecule has 0 saturated heterocycles. The summed E-state index contributed by atoms with van der Waals surface area (Å²) in [4.78, 5) is 21.0. The minimum absolute atomic E-state index is 0.132. The molecule has 7 nitrogen and oxygen atoms in total. The van der Waals surface area contributed by atoms with Crippen molar-refractivity contribution in [3.63, 3.8) is 0 Å². The third kappa shape index (κ3) is 6.46. The highest BCUT2D eigenvalue weighted by atomic mass is 28.4. The van der Waals surface area contributed by atoms with Crippen LogP contribution in [0.25, 0.3) is 22.4 Å². The van der Waals surface area contributed by atoms with E-state index in [0.29, 0.717) is 36.2 Å². The fourth-order valence-corrected chi connectivity index (χ4v) is 4.36. The summed E-state index contributed by atoms with van der Waals surface area (Å²) in [5, 5.41) is 2.74. The SMILES string of the molecule is CNC(=O)c1cc(-c2cc(-c3cc(N)ccc3C)cc(OCCO[Si](C)(C)C(C)(C)C)n2)ccn1. The largest absolute Gasteiger partial charge is 0.475 e. The van der Waals surface area contributed by atoms with Crippen LogP contribution in [0.5, 0.6) is 5.88 Å². The second-order valence-electron chi connectivity index (χ2n) is 10.1. The molecule has 0 saturated carbocycles. The van der Waals surface area contributed by atoms with E-state index in [-0.39, 0.29) is 10.9 Å². The predicted molar refractivity (Wildman–Crippen MR) is 144 cm³/mol. The molecule has 2 aromatic heterocycles. The molecule has 1 amide bonds. The molecule has 1 aromatic carbocycles. The zero-order valence-electron chi connectivity index (χ0n) is 21.7. The van der Waals surface area contributed by atoms with Crippen LogP contribution < -0.4 is 15.8 Å². The molecular formula is C27H36N4O3Si. The summed E-state index contributed by atoms with van der Waals surface area (Å²) in [6.07, 6.45) is 1.60. The average molecular weight is 493 g/mol. The van der Waals surface area contributed by atoms with Gasteiger partial charge in [0.1, 0.15) is 12.3 Å². The van der Waals surface area contributed by atoms with Gasteiger partial charge < -0.3 is 20.2 Å². The van der Waals surface area contributed by atoms with Gasteiger partial charge in [-0.15, -0.1) is 0 Å². The van der Waals surface area contributed by atoms with Gasteiger partial charge in [-0.2, -0.15) is 0 Å². The van der Waals surface area contributed by atoms with Crippen molar-refractivity contribution in [2.24, 2.45) is 0 Å². The van der Waals surface area contributed by atoms with E-state index < -0.39 is 8.32 Å². The number of nitrogen functional groups attached to an aromatic ring is 1. The number of nitrogens with zero attached hydrogens (tertiary/aromatic N) is 2. The lowest BCUT2D eigenvalue weighted by Crippen LogP contribution is -2.41. The van der Waals surface area contributed by atoms with E-state index in [1.165, 1.54) is 0 Å². The van der Waals surface area contributed by atoms with Gasteiger partial charge in [-0.3, -0.25) is 9.78 Å². The Morgan fingerprint density at radius 3 is 2.49 bits per heavy atom. The zero-order chi connectivity index (χ0) is 25.8. The maximum Gasteiger partial charge on any atom is 0.269 e. The Morgan fingerprint density at radius 1 is 1.06 bits per heavy atom. The van der Waals surface area contributed by atoms with Gasteiger partial charge in [0.15, 0.2) is 8.32 Å². The normalized spacial score (nSPS) is 11.9. The van der Waals surface area contributed by atoms with Gasteiger partial charge in [-0.1, -0.05) is 26.8 Å². The Labute approximate surface area is 209 Å². The number of hydrogen-bond acceptors (Lipinski definition) is 6. The first-order valence-corrected chi connectivity index (χ1v) is 14.7. The number of aromatic nitrogens is 2. The van der Waals surface area contributed by atoms with Gasteiger partial charge in [0.2, 0.25) is 5.88 Å². The van der Waals surface area contributed by atoms with E-state index >= 15 is 0 Å². The molecule has 0 radical (unpaired) electrons. The standard InChI is InChI=1S/C27H36N4O3Si/c1-18-8-9-21(28)17-22(18)20-15-23(19-10-11-30-24(14-19)26(32)29-5)31-25(16-20)33-12-13-34-35(6,7)27(2,3)4/h8-11,14-17H,12-13,28H2,1-7H3,(H,29,32). The van der Waals surface area contributed by atoms with Gasteiger partial charge >= 0.3 is 0 Å². The molecule has 3 rings (SSSR count). The highest BCUT2D eigenvalue weighted by Crippen LogP contribution is 2.36. The van der Waals surface area contributed by atoms with E-state index in [2.05, 4.69) is 44.2 Å². The molecule has 35 heavy (non-hydrogen) atoms. The summed E-state index contributed by atoms with van der Waals surface area (Å²) >= 11 is 0. The summed E-state index contributed by atoms with van der Waals surface area (Å²) in [6, 6.07) is 13.3. The predicted octanol–water partition coefficient (Wildman–Crippen LogP) is 5.46. The molecule has 0 aliphatic rings. The number of nitrogens with two attached hydrogens (primary N) is 1. The quantitative estimate of drug-likeness (QED) is 0.246. The van der Waals surface area contributed by atoms with Crippen LogP contribution in [0.2, 0.25) is 18.1 Å². The molecule has 3 aromatic rings. The monoisotopic (exact) mass is 492 g/mol. The second kappa shape index (κ2) is 10.6. The average Bonchev–Trinajstić information content (AvgIpc) is 2.82. The summed E-state index contributed by atoms with van der Waals surface area (Å²) in [6.45, 7) is 14.0. The van der Waals surface area contributed by atoms with Gasteiger partial charge in [-0.25, -0.2) is 4.98 Å². The van der Waals surface area contributed by atoms with E-state index in [1.54, 1.807) is 19.3 Å². The molecule has 2 heterocycles. The number of nitrogens with one attached hydrogen (secondary N) is 1. The number of hydrogen-bond donors (Lipinski definition) is 2. The number of anilines is 1. The number of carbonyl (C=O) groups excluding carboxylic acids is 1. The van der Waals surface area contributed by atoms with Crippen LogP contribution in [-0.2, 0) is 4.43 Å². The lowest BCUT2D eigenvalue weighted by atomic mass is 9.98. The van der Waals surface area contributed by atoms with Crippen LogP contribution in [0.1, 0.15) is 36.8 Å². The van der Waals surface area contributed by atoms with Crippen molar-refractivity contribution in [3.05, 3.63) is 59.9 Å². The lowest BCUT2D eigenvalue weighted by molar-refractivity contribution is 0.0958. The summed E-state index contributed by atoms with van der Waals surface area (Å²) in [5.41, 5.74) is 11.5. The van der Waals surface area contributed by atoms with Crippen molar-refractivity contribution in [2.45, 2.75) is 45.8 Å². The van der Waals surface area contributed by atoms with Crippen molar-refractivity contribution >= 4 is 19.9 Å². The van der Waals surface area contributed by atoms with Crippen LogP contribution >= 0.6 is 0 Å². The summed E-state index contributed by atoms with van der Waals surface area (Å²) < 4.78 is 12.3. The fraction of sp³-hybridized carbons (Fsp3) is 0.370. The Morgan fingerprint density at radius 2 is 1.80 bits per heavy atom. The minimum Gasteiger partial charge on any atom is -0.475 e. The summed E-state index contributed by atoms with van der Waals surface area (Å²) in [5.74, 6) is 0.227. The smallest absolute Gasteiger partial charge is 0.269 e. The van der Waals surface area contributed by atoms with Crippen LogP contribution in [-0.4, -0.2) is 44.5 Å². The maximum atomic E-state index is 12.1. The highest BCUT2D eigenvalue weighted by Gasteiger charge is 2.36. The first-order chi connectivity index (χ1) is 16.4. The molecular weight excluding hydrogens is 456 g/mol. The van der Waals surface area contributed by atoms with E-state index in [9.17, 15) is 4.79 Å². The molecule has 0 aliphatic carbocycles. The molecule has 0 spiro atoms. The molecule has 8 heteroatoms. The number of pyridine rings is 2. The number of aryl methyl sites for hydroxylation is 1. The van der Waals surface area contributed by atoms with Crippen molar-refractivity contribution in [2.75, 3.05) is 26.0 Å². The van der Waals surface area contributed by atoms with Crippen LogP contribution in [0.15, 0.2) is 48.7 Å². The lowest BCUT2D eigenvalue weighted by Gasteiger charge is -2.36. The van der Waals surface area contributed by atoms with Crippen LogP contribution in [0.4, 0.5) is 5.69 Å². The zero-order valence-corrected chi connectivity index (χ0v) is 22.7. The van der Waals surface area contributed by atoms with Gasteiger partial charge in [0.05, 0.1) is 12.3 Å². The Kier molecular flexibility index (Phi) is 7.97. The Bertz CT molecular complexity index is 1210. The molecule has 0 bridgehead atoms. The first-order valence-electron chi connectivity index (χ1n) is 11.7. The third-order valence-electron chi connectivity index (χ3n) is 6.49. The second-order valence-corrected chi connectivity index (χ2v) is 14.9. The topological polar surface area (TPSA) is 99.4 Å². The van der Waals surface area contributed by atoms with E-state index in [0.717, 1.165) is 22.3 Å². The van der Waals surface area contributed by atoms with E-state index in [4.69, 9.17) is 19.9 Å². The Balaban J connectivity index is 1.95. The minimum atomic E-state index is -1.86. The first kappa shape index (κ1) is 26.4. The van der Waals surface area contributed by atoms with E-state index in [1.807, 2.05) is 43.3 Å². The Hall–Kier alpha value is -3.23. The third-order valence-corrected chi connectivity index (χ3v) is 11.0. The van der Waals surface area contributed by atoms with Crippen LogP contribution in [0.3, 0.4) is 0 Å². The van der Waals surface area contributed by atoms with Crippen LogP contribution in [0, 0.1) is 6.92 Å². The highest BCUT2D eigenvalue weighted by molar-refractivity contribution is 6.74. The van der Waals surface area contributed by atoms with Crippen molar-refractivity contribution in [1.29, 1.82) is 0 Å². The van der Waals surface area contributed by atoms with Crippen molar-refractivity contribution in [3.8, 4) is 28.3 Å². The number of ether oxygens (including phenoxy) is 1. The molecule has 186 valence electrons. The fourth-order valence-electron chi connectivity index (χ4n) is 3.33.